The van der Waals surface area contributed by atoms with Crippen LogP contribution in [0.1, 0.15) is 0 Å². The maximum Gasteiger partial charge on any atom is 0.277 e. The van der Waals surface area contributed by atoms with Crippen molar-refractivity contribution in [3.05, 3.63) is 30.0 Å². The molecular weight excluding hydrogens is 318 g/mol. The molecule has 0 atom stereocenters. The van der Waals surface area contributed by atoms with Crippen molar-refractivity contribution in [2.45, 2.75) is 0 Å². The fourth-order valence-corrected chi connectivity index (χ4v) is 2.08. The molecule has 9 heteroatoms. The highest BCUT2D eigenvalue weighted by molar-refractivity contribution is 6.17. The van der Waals surface area contributed by atoms with Crippen LogP contribution in [0.5, 0.6) is 11.5 Å². The minimum atomic E-state index is -0.622. The Kier molecular flexibility index (Phi) is 5.38. The van der Waals surface area contributed by atoms with Crippen molar-refractivity contribution in [1.82, 2.24) is 4.90 Å². The number of carbonyl (C=O) groups excluding carboxylic acids is 3. The molecule has 0 aromatic heterocycles. The minimum absolute atomic E-state index is 0.0669. The Morgan fingerprint density at radius 2 is 2.08 bits per heavy atom. The first-order valence-electron chi connectivity index (χ1n) is 7.00. The molecule has 0 unspecified atom stereocenters. The average Bonchev–Trinajstić information content (AvgIpc) is 2.81. The van der Waals surface area contributed by atoms with Gasteiger partial charge >= 0.3 is 0 Å². The maximum absolute atomic E-state index is 12.1. The van der Waals surface area contributed by atoms with Crippen LogP contribution in [0.15, 0.2) is 30.0 Å². The molecule has 1 aromatic rings. The van der Waals surface area contributed by atoms with Crippen LogP contribution in [-0.4, -0.2) is 54.6 Å². The Morgan fingerprint density at radius 3 is 2.71 bits per heavy atom. The van der Waals surface area contributed by atoms with E-state index in [2.05, 4.69) is 5.32 Å². The summed E-state index contributed by atoms with van der Waals surface area (Å²) in [6, 6.07) is 4.67. The van der Waals surface area contributed by atoms with Crippen LogP contribution < -0.4 is 20.5 Å². The van der Waals surface area contributed by atoms with Gasteiger partial charge in [-0.05, 0) is 12.1 Å². The average molecular weight is 335 g/mol. The van der Waals surface area contributed by atoms with Crippen LogP contribution >= 0.6 is 0 Å². The number of nitrogens with two attached hydrogens (primary N) is 1. The van der Waals surface area contributed by atoms with Crippen molar-refractivity contribution in [3.63, 3.8) is 0 Å². The van der Waals surface area contributed by atoms with Gasteiger partial charge < -0.3 is 25.6 Å². The van der Waals surface area contributed by atoms with Crippen LogP contribution in [0.4, 0.5) is 5.69 Å². The Hall–Kier alpha value is -3.07. The molecule has 128 valence electrons. The third kappa shape index (κ3) is 3.82. The number of nitrogens with zero attached hydrogens (tertiary/aromatic N) is 1. The van der Waals surface area contributed by atoms with Crippen LogP contribution in [0.2, 0.25) is 0 Å². The van der Waals surface area contributed by atoms with Gasteiger partial charge in [0.1, 0.15) is 5.70 Å². The highest BCUT2D eigenvalue weighted by Gasteiger charge is 2.30. The number of aliphatic hydroxyl groups excluding tert-OH is 1. The van der Waals surface area contributed by atoms with Crippen molar-refractivity contribution in [3.8, 4) is 11.5 Å². The number of aliphatic hydroxyl groups is 1. The fourth-order valence-electron chi connectivity index (χ4n) is 2.08. The monoisotopic (exact) mass is 335 g/mol. The molecule has 1 heterocycles. The van der Waals surface area contributed by atoms with Gasteiger partial charge in [0.25, 0.3) is 17.7 Å². The second-order valence-corrected chi connectivity index (χ2v) is 4.82. The zero-order valence-electron chi connectivity index (χ0n) is 12.9. The van der Waals surface area contributed by atoms with Crippen molar-refractivity contribution in [1.29, 1.82) is 0 Å². The number of rotatable bonds is 8. The Labute approximate surface area is 137 Å². The highest BCUT2D eigenvalue weighted by Crippen LogP contribution is 2.31. The lowest BCUT2D eigenvalue weighted by Gasteiger charge is -2.14. The molecule has 0 saturated carbocycles. The third-order valence-corrected chi connectivity index (χ3v) is 3.15. The largest absolute Gasteiger partial charge is 0.493 e. The molecule has 1 aliphatic heterocycles. The number of primary amides is 1. The fraction of sp³-hybridized carbons (Fsp3) is 0.267. The van der Waals surface area contributed by atoms with Crippen molar-refractivity contribution in [2.24, 2.45) is 5.73 Å². The molecule has 0 bridgehead atoms. The number of carbonyl (C=O) groups is 3. The summed E-state index contributed by atoms with van der Waals surface area (Å²) in [5, 5.41) is 11.7. The van der Waals surface area contributed by atoms with Crippen LogP contribution in [-0.2, 0) is 14.4 Å². The molecule has 1 aliphatic rings. The highest BCUT2D eigenvalue weighted by atomic mass is 16.5. The van der Waals surface area contributed by atoms with Crippen molar-refractivity contribution in [2.75, 3.05) is 32.2 Å². The summed E-state index contributed by atoms with van der Waals surface area (Å²) >= 11 is 0. The first-order valence-corrected chi connectivity index (χ1v) is 7.00. The molecule has 0 fully saturated rings. The topological polar surface area (TPSA) is 131 Å². The lowest BCUT2D eigenvalue weighted by atomic mass is 10.2. The van der Waals surface area contributed by atoms with Crippen LogP contribution in [0.25, 0.3) is 0 Å². The number of amides is 3. The number of anilines is 1. The van der Waals surface area contributed by atoms with Gasteiger partial charge in [-0.15, -0.1) is 0 Å². The number of ether oxygens (including phenoxy) is 2. The molecule has 0 spiro atoms. The standard InChI is InChI=1S/C15H17N3O6/c1-23-12-6-9(2-3-11(12)24-8-13(16)20)17-10-7-14(21)18(4-5-19)15(10)22/h2-3,6-7,17,19H,4-5,8H2,1H3,(H2,16,20). The summed E-state index contributed by atoms with van der Waals surface area (Å²) < 4.78 is 10.4. The van der Waals surface area contributed by atoms with Gasteiger partial charge in [0, 0.05) is 17.8 Å². The predicted molar refractivity (Wildman–Crippen MR) is 83.2 cm³/mol. The summed E-state index contributed by atoms with van der Waals surface area (Å²) in [5.41, 5.74) is 5.59. The normalized spacial score (nSPS) is 13.8. The second kappa shape index (κ2) is 7.47. The smallest absolute Gasteiger partial charge is 0.277 e. The Morgan fingerprint density at radius 1 is 1.33 bits per heavy atom. The van der Waals surface area contributed by atoms with Gasteiger partial charge in [0.2, 0.25) is 0 Å². The summed E-state index contributed by atoms with van der Waals surface area (Å²) in [5.74, 6) is -1.01. The van der Waals surface area contributed by atoms with Crippen LogP contribution in [0, 0.1) is 0 Å². The summed E-state index contributed by atoms with van der Waals surface area (Å²) in [6.07, 6.45) is 1.15. The summed E-state index contributed by atoms with van der Waals surface area (Å²) in [7, 11) is 1.42. The number of β-amino-alcohol motifs (C(OH)–C–C–N with tert-alkyl or cyclic N) is 1. The quantitative estimate of drug-likeness (QED) is 0.531. The Balaban J connectivity index is 2.13. The van der Waals surface area contributed by atoms with Crippen LogP contribution in [0.3, 0.4) is 0 Å². The van der Waals surface area contributed by atoms with Crippen molar-refractivity contribution < 1.29 is 29.0 Å². The molecule has 3 amide bonds. The van der Waals surface area contributed by atoms with E-state index in [9.17, 15) is 14.4 Å². The molecule has 0 radical (unpaired) electrons. The molecule has 1 aromatic carbocycles. The van der Waals surface area contributed by atoms with E-state index in [1.807, 2.05) is 0 Å². The maximum atomic E-state index is 12.1. The van der Waals surface area contributed by atoms with Gasteiger partial charge in [-0.25, -0.2) is 0 Å². The van der Waals surface area contributed by atoms with E-state index in [1.165, 1.54) is 13.2 Å². The van der Waals surface area contributed by atoms with Gasteiger partial charge in [-0.3, -0.25) is 19.3 Å². The van der Waals surface area contributed by atoms with E-state index in [-0.39, 0.29) is 25.5 Å². The Bertz CT molecular complexity index is 700. The zero-order valence-corrected chi connectivity index (χ0v) is 12.9. The molecule has 4 N–H and O–H groups in total. The third-order valence-electron chi connectivity index (χ3n) is 3.15. The minimum Gasteiger partial charge on any atom is -0.493 e. The van der Waals surface area contributed by atoms with Gasteiger partial charge in [0.15, 0.2) is 18.1 Å². The van der Waals surface area contributed by atoms with E-state index >= 15 is 0 Å². The lowest BCUT2D eigenvalue weighted by molar-refractivity contribution is -0.137. The first-order chi connectivity index (χ1) is 11.5. The number of hydrogen-bond donors (Lipinski definition) is 3. The number of nitrogens with one attached hydrogen (secondary N) is 1. The second-order valence-electron chi connectivity index (χ2n) is 4.82. The SMILES string of the molecule is COc1cc(NC2=CC(=O)N(CCO)C2=O)ccc1OCC(N)=O. The molecule has 24 heavy (non-hydrogen) atoms. The zero-order chi connectivity index (χ0) is 17.7. The number of benzene rings is 1. The van der Waals surface area contributed by atoms with E-state index < -0.39 is 17.7 Å². The molecule has 0 saturated heterocycles. The molecule has 2 rings (SSSR count). The summed E-state index contributed by atoms with van der Waals surface area (Å²) in [6.45, 7) is -0.668. The van der Waals surface area contributed by atoms with E-state index in [0.29, 0.717) is 17.2 Å². The van der Waals surface area contributed by atoms with Gasteiger partial charge in [-0.2, -0.15) is 0 Å². The van der Waals surface area contributed by atoms with Gasteiger partial charge in [-0.1, -0.05) is 0 Å². The predicted octanol–water partition coefficient (Wildman–Crippen LogP) is -0.784. The first kappa shape index (κ1) is 17.3. The van der Waals surface area contributed by atoms with E-state index in [0.717, 1.165) is 11.0 Å². The lowest BCUT2D eigenvalue weighted by Crippen LogP contribution is -2.34. The molecule has 0 aliphatic carbocycles. The summed E-state index contributed by atoms with van der Waals surface area (Å²) in [4.78, 5) is 35.5. The van der Waals surface area contributed by atoms with Gasteiger partial charge in [0.05, 0.1) is 20.3 Å². The number of methoxy groups -OCH3 is 1. The molecule has 9 nitrogen and oxygen atoms in total. The molecular formula is C15H17N3O6. The number of hydrogen-bond acceptors (Lipinski definition) is 7. The van der Waals surface area contributed by atoms with E-state index in [1.54, 1.807) is 12.1 Å². The van der Waals surface area contributed by atoms with Crippen molar-refractivity contribution >= 4 is 23.4 Å². The number of imide groups is 1. The van der Waals surface area contributed by atoms with E-state index in [4.69, 9.17) is 20.3 Å².